The van der Waals surface area contributed by atoms with Gasteiger partial charge in [-0.2, -0.15) is 5.10 Å². The minimum Gasteiger partial charge on any atom is -0.333 e. The van der Waals surface area contributed by atoms with E-state index in [1.165, 1.54) is 0 Å². The van der Waals surface area contributed by atoms with E-state index in [2.05, 4.69) is 31.9 Å². The molecule has 134 valence electrons. The molecule has 25 heavy (non-hydrogen) atoms. The van der Waals surface area contributed by atoms with Crippen LogP contribution in [0.2, 0.25) is 0 Å². The first kappa shape index (κ1) is 16.1. The van der Waals surface area contributed by atoms with E-state index in [0.717, 1.165) is 56.8 Å². The quantitative estimate of drug-likeness (QED) is 0.905. The number of aryl methyl sites for hydroxylation is 2. The van der Waals surface area contributed by atoms with Gasteiger partial charge in [0.15, 0.2) is 0 Å². The van der Waals surface area contributed by atoms with Gasteiger partial charge in [-0.25, -0.2) is 19.4 Å². The first-order chi connectivity index (χ1) is 12.2. The molecule has 1 saturated heterocycles. The summed E-state index contributed by atoms with van der Waals surface area (Å²) >= 11 is 0. The molecule has 2 atom stereocenters. The molecule has 1 fully saturated rings. The van der Waals surface area contributed by atoms with Crippen LogP contribution in [-0.4, -0.2) is 53.9 Å². The van der Waals surface area contributed by atoms with Crippen LogP contribution in [0.25, 0.3) is 0 Å². The van der Waals surface area contributed by atoms with Gasteiger partial charge in [0.25, 0.3) is 0 Å². The maximum atomic E-state index is 12.8. The summed E-state index contributed by atoms with van der Waals surface area (Å²) in [6, 6.07) is 0.418. The van der Waals surface area contributed by atoms with E-state index in [1.807, 2.05) is 22.0 Å². The zero-order chi connectivity index (χ0) is 17.2. The van der Waals surface area contributed by atoms with Crippen molar-refractivity contribution in [3.8, 4) is 0 Å². The number of carbonyl (C=O) groups is 1. The number of imidazole rings is 1. The van der Waals surface area contributed by atoms with Crippen molar-refractivity contribution in [1.82, 2.24) is 34.5 Å². The maximum Gasteiger partial charge on any atom is 0.317 e. The summed E-state index contributed by atoms with van der Waals surface area (Å²) in [6.07, 6.45) is 10.3. The van der Waals surface area contributed by atoms with Gasteiger partial charge in [-0.05, 0) is 19.3 Å². The molecule has 8 heteroatoms. The Bertz CT molecular complexity index is 737. The summed E-state index contributed by atoms with van der Waals surface area (Å²) in [6.45, 7) is 4.48. The topological polar surface area (TPSA) is 80.9 Å². The van der Waals surface area contributed by atoms with E-state index < -0.39 is 0 Å². The SMILES string of the molecule is CCc1nccn1C[C@H]1CCCN1C(=O)NC1CCc2ncnn2C1. The zero-order valence-corrected chi connectivity index (χ0v) is 14.6. The van der Waals surface area contributed by atoms with E-state index >= 15 is 0 Å². The number of nitrogens with one attached hydrogen (secondary N) is 1. The monoisotopic (exact) mass is 343 g/mol. The smallest absolute Gasteiger partial charge is 0.317 e. The van der Waals surface area contributed by atoms with Gasteiger partial charge in [0.05, 0.1) is 18.6 Å². The first-order valence-corrected chi connectivity index (χ1v) is 9.18. The van der Waals surface area contributed by atoms with Crippen molar-refractivity contribution in [2.75, 3.05) is 6.54 Å². The molecule has 0 aromatic carbocycles. The third-order valence-electron chi connectivity index (χ3n) is 5.30. The molecule has 0 radical (unpaired) electrons. The van der Waals surface area contributed by atoms with Crippen molar-refractivity contribution in [2.24, 2.45) is 0 Å². The van der Waals surface area contributed by atoms with E-state index in [-0.39, 0.29) is 18.1 Å². The van der Waals surface area contributed by atoms with Gasteiger partial charge in [-0.3, -0.25) is 0 Å². The van der Waals surface area contributed by atoms with Gasteiger partial charge < -0.3 is 14.8 Å². The molecule has 0 bridgehead atoms. The molecule has 1 unspecified atom stereocenters. The molecule has 0 aliphatic carbocycles. The summed E-state index contributed by atoms with van der Waals surface area (Å²) in [5.74, 6) is 2.09. The zero-order valence-electron chi connectivity index (χ0n) is 14.6. The van der Waals surface area contributed by atoms with Crippen LogP contribution in [0.1, 0.15) is 37.8 Å². The van der Waals surface area contributed by atoms with Gasteiger partial charge >= 0.3 is 6.03 Å². The summed E-state index contributed by atoms with van der Waals surface area (Å²) in [4.78, 5) is 23.4. The number of fused-ring (bicyclic) bond motifs is 1. The molecule has 2 aliphatic rings. The Balaban J connectivity index is 1.38. The number of rotatable bonds is 4. The second-order valence-corrected chi connectivity index (χ2v) is 6.88. The van der Waals surface area contributed by atoms with Crippen molar-refractivity contribution in [1.29, 1.82) is 0 Å². The molecule has 4 rings (SSSR count). The highest BCUT2D eigenvalue weighted by atomic mass is 16.2. The fourth-order valence-electron chi connectivity index (χ4n) is 3.95. The van der Waals surface area contributed by atoms with Gasteiger partial charge in [0.2, 0.25) is 0 Å². The second kappa shape index (κ2) is 6.85. The van der Waals surface area contributed by atoms with Gasteiger partial charge in [-0.1, -0.05) is 6.92 Å². The lowest BCUT2D eigenvalue weighted by molar-refractivity contribution is 0.179. The van der Waals surface area contributed by atoms with Crippen LogP contribution in [0.15, 0.2) is 18.7 Å². The van der Waals surface area contributed by atoms with Gasteiger partial charge in [0.1, 0.15) is 18.0 Å². The lowest BCUT2D eigenvalue weighted by atomic mass is 10.1. The molecule has 4 heterocycles. The lowest BCUT2D eigenvalue weighted by Crippen LogP contribution is -2.50. The number of urea groups is 1. The van der Waals surface area contributed by atoms with Crippen LogP contribution in [-0.2, 0) is 25.9 Å². The molecule has 2 aromatic rings. The number of amides is 2. The third kappa shape index (κ3) is 3.25. The maximum absolute atomic E-state index is 12.8. The molecule has 0 spiro atoms. The van der Waals surface area contributed by atoms with Crippen LogP contribution in [0.4, 0.5) is 4.79 Å². The summed E-state index contributed by atoms with van der Waals surface area (Å²) in [7, 11) is 0. The molecule has 2 amide bonds. The van der Waals surface area contributed by atoms with Crippen molar-refractivity contribution < 1.29 is 4.79 Å². The highest BCUT2D eigenvalue weighted by Gasteiger charge is 2.31. The van der Waals surface area contributed by atoms with Crippen LogP contribution in [0, 0.1) is 0 Å². The normalized spacial score (nSPS) is 22.8. The van der Waals surface area contributed by atoms with Crippen molar-refractivity contribution >= 4 is 6.03 Å². The minimum absolute atomic E-state index is 0.0502. The molecule has 2 aromatic heterocycles. The second-order valence-electron chi connectivity index (χ2n) is 6.88. The molecular weight excluding hydrogens is 318 g/mol. The average molecular weight is 343 g/mol. The summed E-state index contributed by atoms with van der Waals surface area (Å²) in [5.41, 5.74) is 0. The first-order valence-electron chi connectivity index (χ1n) is 9.18. The van der Waals surface area contributed by atoms with Crippen LogP contribution < -0.4 is 5.32 Å². The summed E-state index contributed by atoms with van der Waals surface area (Å²) < 4.78 is 4.08. The van der Waals surface area contributed by atoms with E-state index in [9.17, 15) is 4.79 Å². The number of nitrogens with zero attached hydrogens (tertiary/aromatic N) is 6. The Hall–Kier alpha value is -2.38. The highest BCUT2D eigenvalue weighted by Crippen LogP contribution is 2.20. The fourth-order valence-corrected chi connectivity index (χ4v) is 3.95. The molecule has 2 aliphatic heterocycles. The van der Waals surface area contributed by atoms with E-state index in [0.29, 0.717) is 6.54 Å². The lowest BCUT2D eigenvalue weighted by Gasteiger charge is -2.30. The van der Waals surface area contributed by atoms with Crippen molar-refractivity contribution in [3.05, 3.63) is 30.4 Å². The predicted molar refractivity (Wildman–Crippen MR) is 92.0 cm³/mol. The number of hydrogen-bond donors (Lipinski definition) is 1. The number of aromatic nitrogens is 5. The Kier molecular flexibility index (Phi) is 4.42. The van der Waals surface area contributed by atoms with Crippen molar-refractivity contribution in [2.45, 2.75) is 64.2 Å². The van der Waals surface area contributed by atoms with Gasteiger partial charge in [0, 0.05) is 38.3 Å². The molecular formula is C17H25N7O. The fraction of sp³-hybridized carbons (Fsp3) is 0.647. The standard InChI is InChI=1S/C17H25N7O/c1-2-15-18-7-9-22(15)11-14-4-3-8-23(14)17(25)21-13-5-6-16-19-12-20-24(16)10-13/h7,9,12-14H,2-6,8,10-11H2,1H3,(H,21,25)/t13?,14-/m1/s1. The predicted octanol–water partition coefficient (Wildman–Crippen LogP) is 1.23. The average Bonchev–Trinajstić information content (AvgIpc) is 3.34. The van der Waals surface area contributed by atoms with Crippen LogP contribution >= 0.6 is 0 Å². The van der Waals surface area contributed by atoms with Gasteiger partial charge in [-0.15, -0.1) is 0 Å². The van der Waals surface area contributed by atoms with Crippen LogP contribution in [0.5, 0.6) is 0 Å². The Morgan fingerprint density at radius 2 is 2.28 bits per heavy atom. The van der Waals surface area contributed by atoms with E-state index in [1.54, 1.807) is 6.33 Å². The van der Waals surface area contributed by atoms with E-state index in [4.69, 9.17) is 0 Å². The summed E-state index contributed by atoms with van der Waals surface area (Å²) in [5, 5.41) is 7.43. The molecule has 8 nitrogen and oxygen atoms in total. The Morgan fingerprint density at radius 1 is 1.36 bits per heavy atom. The Labute approximate surface area is 147 Å². The van der Waals surface area contributed by atoms with Crippen molar-refractivity contribution in [3.63, 3.8) is 0 Å². The highest BCUT2D eigenvalue weighted by molar-refractivity contribution is 5.75. The largest absolute Gasteiger partial charge is 0.333 e. The molecule has 0 saturated carbocycles. The number of likely N-dealkylation sites (tertiary alicyclic amines) is 1. The molecule has 1 N–H and O–H groups in total. The third-order valence-corrected chi connectivity index (χ3v) is 5.30. The Morgan fingerprint density at radius 3 is 3.16 bits per heavy atom. The number of carbonyl (C=O) groups excluding carboxylic acids is 1. The van der Waals surface area contributed by atoms with Crippen LogP contribution in [0.3, 0.4) is 0 Å². The minimum atomic E-state index is 0.0502. The number of hydrogen-bond acceptors (Lipinski definition) is 4.